The largest absolute Gasteiger partial charge is 0.456 e. The molecule has 6 heteroatoms. The minimum absolute atomic E-state index is 0.415. The molecule has 4 heterocycles. The summed E-state index contributed by atoms with van der Waals surface area (Å²) < 4.78 is 13.6. The molecule has 5 nitrogen and oxygen atoms in total. The molecule has 15 rings (SSSR count). The first-order valence-electron chi connectivity index (χ1n) is 22.7. The first-order chi connectivity index (χ1) is 33.7. The van der Waals surface area contributed by atoms with Crippen LogP contribution in [-0.4, -0.2) is 9.13 Å². The van der Waals surface area contributed by atoms with Gasteiger partial charge >= 0.3 is 0 Å². The second-order valence-electron chi connectivity index (χ2n) is 17.6. The molecule has 0 spiro atoms. The van der Waals surface area contributed by atoms with Crippen molar-refractivity contribution in [2.45, 2.75) is 0 Å². The Balaban J connectivity index is 1.25. The Hall–Kier alpha value is -9.20. The van der Waals surface area contributed by atoms with Crippen LogP contribution in [0.1, 0.15) is 5.56 Å². The normalized spacial score (nSPS) is 12.1. The molecule has 11 aromatic carbocycles. The van der Waals surface area contributed by atoms with Crippen molar-refractivity contribution in [3.8, 4) is 39.7 Å². The van der Waals surface area contributed by atoms with Gasteiger partial charge in [0.2, 0.25) is 5.69 Å². The monoisotopic (exact) mass is 880 g/mol. The molecule has 0 amide bonds. The lowest BCUT2D eigenvalue weighted by molar-refractivity contribution is 0.669. The van der Waals surface area contributed by atoms with Crippen LogP contribution in [0.5, 0.6) is 0 Å². The maximum absolute atomic E-state index is 12.1. The van der Waals surface area contributed by atoms with E-state index in [0.29, 0.717) is 16.8 Å². The van der Waals surface area contributed by atoms with Gasteiger partial charge in [-0.2, -0.15) is 5.26 Å². The Morgan fingerprint density at radius 3 is 1.68 bits per heavy atom. The van der Waals surface area contributed by atoms with E-state index >= 15 is 0 Å². The highest BCUT2D eigenvalue weighted by molar-refractivity contribution is 7.26. The van der Waals surface area contributed by atoms with Crippen molar-refractivity contribution in [3.63, 3.8) is 0 Å². The fourth-order valence-corrected chi connectivity index (χ4v) is 12.9. The maximum Gasteiger partial charge on any atom is 0.220 e. The van der Waals surface area contributed by atoms with Crippen LogP contribution in [0.15, 0.2) is 199 Å². The smallest absolute Gasteiger partial charge is 0.220 e. The van der Waals surface area contributed by atoms with E-state index in [1.54, 1.807) is 11.3 Å². The fraction of sp³-hybridized carbons (Fsp3) is 0. The Labute approximate surface area is 391 Å². The summed E-state index contributed by atoms with van der Waals surface area (Å²) >= 11 is 1.78. The molecule has 0 fully saturated rings. The molecule has 0 saturated heterocycles. The molecule has 68 heavy (non-hydrogen) atoms. The van der Waals surface area contributed by atoms with Gasteiger partial charge in [-0.15, -0.1) is 11.3 Å². The van der Waals surface area contributed by atoms with Crippen molar-refractivity contribution in [1.29, 1.82) is 5.26 Å². The number of nitrogens with zero attached hydrogens (tertiary/aromatic N) is 4. The molecule has 0 bridgehead atoms. The highest BCUT2D eigenvalue weighted by Gasteiger charge is 2.33. The summed E-state index contributed by atoms with van der Waals surface area (Å²) in [5.74, 6) is 0. The number of hydrogen-bond donors (Lipinski definition) is 0. The number of aromatic nitrogens is 2. The lowest BCUT2D eigenvalue weighted by atomic mass is 9.88. The van der Waals surface area contributed by atoms with E-state index in [-0.39, 0.29) is 0 Å². The molecular weight excluding hydrogens is 849 g/mol. The van der Waals surface area contributed by atoms with Crippen molar-refractivity contribution >= 4 is 124 Å². The molecule has 0 aliphatic rings. The Morgan fingerprint density at radius 1 is 0.441 bits per heavy atom. The van der Waals surface area contributed by atoms with Gasteiger partial charge in [0.1, 0.15) is 17.2 Å². The summed E-state index contributed by atoms with van der Waals surface area (Å²) in [7, 11) is 0. The molecule has 0 aliphatic heterocycles. The number of thiophene rings is 1. The van der Waals surface area contributed by atoms with Gasteiger partial charge in [-0.05, 0) is 69.1 Å². The Bertz CT molecular complexity index is 4660. The SMILES string of the molecule is [C-]#[N+]c1c(-c2ccccc2)c(C#N)c(-n2c3ccc4oc5ccccc5c4c3c3ccc4c5ccccc5sc4c32)c(-c2ccccc2)c1-n1c2cccc3c4ccccc4c4cccc1c4c32. The number of hydrogen-bond acceptors (Lipinski definition) is 3. The summed E-state index contributed by atoms with van der Waals surface area (Å²) in [6.07, 6.45) is 0. The topological polar surface area (TPSA) is 51.1 Å². The van der Waals surface area contributed by atoms with Gasteiger partial charge in [-0.1, -0.05) is 158 Å². The molecule has 4 aromatic heterocycles. The number of benzene rings is 11. The Kier molecular flexibility index (Phi) is 7.45. The van der Waals surface area contributed by atoms with Crippen LogP contribution in [0.3, 0.4) is 0 Å². The minimum Gasteiger partial charge on any atom is -0.456 e. The molecule has 0 radical (unpaired) electrons. The van der Waals surface area contributed by atoms with Gasteiger partial charge in [0.05, 0.1) is 50.3 Å². The third-order valence-electron chi connectivity index (χ3n) is 14.3. The summed E-state index contributed by atoms with van der Waals surface area (Å²) in [6, 6.07) is 70.7. The summed E-state index contributed by atoms with van der Waals surface area (Å²) in [6.45, 7) is 9.34. The molecule has 0 saturated carbocycles. The second kappa shape index (κ2) is 13.7. The average molecular weight is 881 g/mol. The molecule has 0 unspecified atom stereocenters. The van der Waals surface area contributed by atoms with Crippen LogP contribution in [0, 0.1) is 17.9 Å². The van der Waals surface area contributed by atoms with Crippen molar-refractivity contribution in [2.24, 2.45) is 0 Å². The standard InChI is InChI=1S/C62H32N4OS/c1-64-58-52(35-16-4-2-5-17-35)45(34-63)59(53(36-18-6-3-7-19-36)61(58)65-46-26-14-24-40-37-20-8-9-21-38(37)41-25-15-27-47(65)55(41)54(40)46)66-48-32-33-50-57(43-23-10-12-28-49(43)67-50)56(48)44-31-30-42-39-22-11-13-29-51(39)68-62(42)60(44)66/h2-33H. The lowest BCUT2D eigenvalue weighted by Crippen LogP contribution is -2.08. The van der Waals surface area contributed by atoms with E-state index in [9.17, 15) is 11.8 Å². The second-order valence-corrected chi connectivity index (χ2v) is 18.7. The summed E-state index contributed by atoms with van der Waals surface area (Å²) in [5, 5.41) is 25.6. The number of rotatable bonds is 4. The third kappa shape index (κ3) is 4.71. The van der Waals surface area contributed by atoms with E-state index in [0.717, 1.165) is 114 Å². The van der Waals surface area contributed by atoms with Crippen LogP contribution in [0.25, 0.3) is 146 Å². The summed E-state index contributed by atoms with van der Waals surface area (Å²) in [4.78, 5) is 4.56. The minimum atomic E-state index is 0.415. The number of furan rings is 1. The van der Waals surface area contributed by atoms with Gasteiger partial charge in [-0.25, -0.2) is 4.85 Å². The molecule has 0 atom stereocenters. The van der Waals surface area contributed by atoms with Crippen molar-refractivity contribution in [3.05, 3.63) is 211 Å². The van der Waals surface area contributed by atoms with Crippen LogP contribution in [0.4, 0.5) is 5.69 Å². The van der Waals surface area contributed by atoms with Crippen LogP contribution in [-0.2, 0) is 0 Å². The van der Waals surface area contributed by atoms with Gasteiger partial charge in [-0.3, -0.25) is 0 Å². The van der Waals surface area contributed by atoms with Crippen LogP contribution >= 0.6 is 11.3 Å². The van der Waals surface area contributed by atoms with Crippen molar-refractivity contribution in [2.75, 3.05) is 0 Å². The molecule has 0 aliphatic carbocycles. The zero-order valence-corrected chi connectivity index (χ0v) is 36.9. The first-order valence-corrected chi connectivity index (χ1v) is 23.5. The van der Waals surface area contributed by atoms with E-state index in [4.69, 9.17) is 4.42 Å². The molecular formula is C62H32N4OS. The fourth-order valence-electron chi connectivity index (χ4n) is 11.7. The van der Waals surface area contributed by atoms with Crippen molar-refractivity contribution in [1.82, 2.24) is 9.13 Å². The Morgan fingerprint density at radius 2 is 1.00 bits per heavy atom. The lowest BCUT2D eigenvalue weighted by Gasteiger charge is -2.25. The zero-order valence-electron chi connectivity index (χ0n) is 36.1. The zero-order chi connectivity index (χ0) is 44.8. The van der Waals surface area contributed by atoms with E-state index in [1.807, 2.05) is 48.5 Å². The van der Waals surface area contributed by atoms with Gasteiger partial charge in [0.15, 0.2) is 0 Å². The van der Waals surface area contributed by atoms with E-state index in [1.165, 1.54) is 20.9 Å². The number of para-hydroxylation sites is 1. The third-order valence-corrected chi connectivity index (χ3v) is 15.5. The number of nitriles is 1. The molecule has 15 aromatic rings. The summed E-state index contributed by atoms with van der Waals surface area (Å²) in [5.41, 5.74) is 10.9. The van der Waals surface area contributed by atoms with E-state index < -0.39 is 0 Å². The van der Waals surface area contributed by atoms with Crippen LogP contribution < -0.4 is 0 Å². The van der Waals surface area contributed by atoms with Crippen molar-refractivity contribution < 1.29 is 4.42 Å². The highest BCUT2D eigenvalue weighted by Crippen LogP contribution is 2.55. The average Bonchev–Trinajstić information content (AvgIpc) is 4.16. The van der Waals surface area contributed by atoms with Crippen LogP contribution in [0.2, 0.25) is 0 Å². The van der Waals surface area contributed by atoms with Gasteiger partial charge in [0, 0.05) is 58.9 Å². The predicted molar refractivity (Wildman–Crippen MR) is 283 cm³/mol. The number of fused-ring (bicyclic) bond motifs is 14. The molecule has 312 valence electrons. The maximum atomic E-state index is 12.1. The quantitative estimate of drug-likeness (QED) is 0.131. The van der Waals surface area contributed by atoms with E-state index in [2.05, 4.69) is 166 Å². The predicted octanol–water partition coefficient (Wildman–Crippen LogP) is 17.6. The van der Waals surface area contributed by atoms with Gasteiger partial charge < -0.3 is 13.6 Å². The highest BCUT2D eigenvalue weighted by atomic mass is 32.1. The molecule has 0 N–H and O–H groups in total. The first kappa shape index (κ1) is 37.1. The van der Waals surface area contributed by atoms with Gasteiger partial charge in [0.25, 0.3) is 0 Å².